The summed E-state index contributed by atoms with van der Waals surface area (Å²) in [6, 6.07) is 6.11. The lowest BCUT2D eigenvalue weighted by Crippen LogP contribution is -2.24. The Kier molecular flexibility index (Phi) is 6.86. The number of rotatable bonds is 7. The summed E-state index contributed by atoms with van der Waals surface area (Å²) in [4.78, 5) is 29.7. The molecule has 0 saturated heterocycles. The number of hydrogen-bond acceptors (Lipinski definition) is 5. The van der Waals surface area contributed by atoms with E-state index in [9.17, 15) is 4.79 Å². The second-order valence-electron chi connectivity index (χ2n) is 10.4. The van der Waals surface area contributed by atoms with Crippen molar-refractivity contribution in [1.82, 2.24) is 34.7 Å². The number of carbonyl (C=O) groups excluding carboxylic acids is 1. The van der Waals surface area contributed by atoms with Gasteiger partial charge in [-0.05, 0) is 51.0 Å². The minimum absolute atomic E-state index is 0.0812. The van der Waals surface area contributed by atoms with Gasteiger partial charge in [0.2, 0.25) is 5.91 Å². The highest BCUT2D eigenvalue weighted by molar-refractivity contribution is 5.95. The normalized spacial score (nSPS) is 14.5. The lowest BCUT2D eigenvalue weighted by Gasteiger charge is -2.20. The van der Waals surface area contributed by atoms with Crippen LogP contribution in [0.1, 0.15) is 49.1 Å². The van der Waals surface area contributed by atoms with Crippen molar-refractivity contribution in [1.29, 1.82) is 0 Å². The summed E-state index contributed by atoms with van der Waals surface area (Å²) in [6.07, 6.45) is 18.2. The second-order valence-corrected chi connectivity index (χ2v) is 10.4. The van der Waals surface area contributed by atoms with Crippen molar-refractivity contribution in [3.8, 4) is 22.5 Å². The van der Waals surface area contributed by atoms with E-state index in [1.54, 1.807) is 31.0 Å². The van der Waals surface area contributed by atoms with Gasteiger partial charge in [0, 0.05) is 52.3 Å². The molecule has 1 amide bonds. The van der Waals surface area contributed by atoms with Gasteiger partial charge in [0.15, 0.2) is 5.65 Å². The lowest BCUT2D eigenvalue weighted by molar-refractivity contribution is -0.120. The Morgan fingerprint density at radius 2 is 1.90 bits per heavy atom. The van der Waals surface area contributed by atoms with Gasteiger partial charge in [0.25, 0.3) is 0 Å². The van der Waals surface area contributed by atoms with Gasteiger partial charge in [0.1, 0.15) is 0 Å². The average molecular weight is 533 g/mol. The molecule has 1 fully saturated rings. The van der Waals surface area contributed by atoms with E-state index in [1.165, 1.54) is 6.42 Å². The van der Waals surface area contributed by atoms with Crippen LogP contribution < -0.4 is 5.32 Å². The van der Waals surface area contributed by atoms with Crippen LogP contribution in [0.15, 0.2) is 68.0 Å². The van der Waals surface area contributed by atoms with E-state index in [2.05, 4.69) is 54.2 Å². The van der Waals surface area contributed by atoms with Crippen molar-refractivity contribution in [3.63, 3.8) is 0 Å². The zero-order chi connectivity index (χ0) is 27.6. The van der Waals surface area contributed by atoms with Crippen molar-refractivity contribution in [2.75, 3.05) is 5.32 Å². The summed E-state index contributed by atoms with van der Waals surface area (Å²) in [7, 11) is 0. The average Bonchev–Trinajstić information content (AvgIpc) is 3.70. The van der Waals surface area contributed by atoms with Crippen molar-refractivity contribution in [2.24, 2.45) is 5.92 Å². The zero-order valence-corrected chi connectivity index (χ0v) is 22.7. The quantitative estimate of drug-likeness (QED) is 0.209. The third kappa shape index (κ3) is 4.98. The minimum Gasteiger partial charge on any atom is -0.357 e. The number of pyridine rings is 2. The Balaban J connectivity index is 1.32. The van der Waals surface area contributed by atoms with Gasteiger partial charge in [-0.3, -0.25) is 14.9 Å². The monoisotopic (exact) mass is 532 g/mol. The second kappa shape index (κ2) is 10.8. The van der Waals surface area contributed by atoms with Gasteiger partial charge in [-0.2, -0.15) is 5.10 Å². The smallest absolute Gasteiger partial charge is 0.227 e. The molecule has 5 aromatic rings. The van der Waals surface area contributed by atoms with Crippen LogP contribution in [0.25, 0.3) is 39.2 Å². The predicted molar refractivity (Wildman–Crippen MR) is 157 cm³/mol. The standard InChI is InChI=1S/C31H32N8O/c1-4-8-28(39-17-19(2)34-18-39)25-13-27(35-20(25)3)29-26-12-23(15-33-30(26)38-37-29)22-11-24(16-32-14-22)36-31(40)21-9-6-5-7-10-21/h4,8,11-18,21,35H,1,5-7,9-10H2,2-3H3,(H,36,40)(H,33,37,38)/b28-8+. The maximum Gasteiger partial charge on any atom is 0.227 e. The topological polar surface area (TPSA) is 117 Å². The summed E-state index contributed by atoms with van der Waals surface area (Å²) in [5, 5.41) is 11.6. The van der Waals surface area contributed by atoms with Crippen LogP contribution >= 0.6 is 0 Å². The number of H-pyrrole nitrogens is 2. The van der Waals surface area contributed by atoms with Crippen LogP contribution in [0, 0.1) is 19.8 Å². The Morgan fingerprint density at radius 3 is 2.67 bits per heavy atom. The molecule has 202 valence electrons. The first-order valence-electron chi connectivity index (χ1n) is 13.6. The van der Waals surface area contributed by atoms with Crippen molar-refractivity contribution in [3.05, 3.63) is 85.0 Å². The number of allylic oxidation sites excluding steroid dienone is 2. The third-order valence-electron chi connectivity index (χ3n) is 7.55. The molecule has 5 heterocycles. The van der Waals surface area contributed by atoms with Crippen LogP contribution in [0.2, 0.25) is 0 Å². The number of nitrogens with zero attached hydrogens (tertiary/aromatic N) is 5. The van der Waals surface area contributed by atoms with Crippen LogP contribution in [0.3, 0.4) is 0 Å². The molecule has 0 aromatic carbocycles. The number of anilines is 1. The fraction of sp³-hybridized carbons (Fsp3) is 0.258. The highest BCUT2D eigenvalue weighted by atomic mass is 16.1. The van der Waals surface area contributed by atoms with Crippen molar-refractivity contribution >= 4 is 28.3 Å². The maximum atomic E-state index is 12.8. The molecule has 0 aliphatic heterocycles. The molecule has 0 spiro atoms. The Bertz CT molecular complexity index is 1730. The number of nitrogens with one attached hydrogen (secondary N) is 3. The van der Waals surface area contributed by atoms with E-state index in [4.69, 9.17) is 0 Å². The van der Waals surface area contributed by atoms with Crippen molar-refractivity contribution < 1.29 is 4.79 Å². The summed E-state index contributed by atoms with van der Waals surface area (Å²) >= 11 is 0. The first-order valence-corrected chi connectivity index (χ1v) is 13.6. The van der Waals surface area contributed by atoms with Gasteiger partial charge in [0.05, 0.1) is 41.0 Å². The fourth-order valence-corrected chi connectivity index (χ4v) is 5.48. The number of fused-ring (bicyclic) bond motifs is 1. The summed E-state index contributed by atoms with van der Waals surface area (Å²) in [5.41, 5.74) is 8.76. The molecule has 5 aromatic heterocycles. The molecule has 6 rings (SSSR count). The number of aromatic nitrogens is 7. The minimum atomic E-state index is 0.0812. The van der Waals surface area contributed by atoms with E-state index < -0.39 is 0 Å². The van der Waals surface area contributed by atoms with E-state index in [0.717, 1.165) is 76.2 Å². The van der Waals surface area contributed by atoms with E-state index in [1.807, 2.05) is 36.8 Å². The molecule has 9 heteroatoms. The molecule has 1 aliphatic rings. The first-order chi connectivity index (χ1) is 19.5. The van der Waals surface area contributed by atoms with Crippen LogP contribution in [-0.4, -0.2) is 40.6 Å². The molecule has 3 N–H and O–H groups in total. The molecule has 1 aliphatic carbocycles. The predicted octanol–water partition coefficient (Wildman–Crippen LogP) is 6.42. The van der Waals surface area contributed by atoms with Gasteiger partial charge in [-0.15, -0.1) is 0 Å². The summed E-state index contributed by atoms with van der Waals surface area (Å²) in [5.74, 6) is 0.163. The van der Waals surface area contributed by atoms with Crippen LogP contribution in [0.5, 0.6) is 0 Å². The van der Waals surface area contributed by atoms with Gasteiger partial charge < -0.3 is 14.9 Å². The van der Waals surface area contributed by atoms with E-state index in [0.29, 0.717) is 11.3 Å². The Labute approximate surface area is 232 Å². The van der Waals surface area contributed by atoms with Crippen molar-refractivity contribution in [2.45, 2.75) is 46.0 Å². The molecular formula is C31H32N8O. The SMILES string of the molecule is C=C/C=C(\c1cc(-c2[nH]nc3ncc(-c4cncc(NC(=O)C5CCCCC5)c4)cc23)[nH]c1C)n1cnc(C)c1. The molecule has 0 radical (unpaired) electrons. The Morgan fingerprint density at radius 1 is 1.07 bits per heavy atom. The molecule has 0 unspecified atom stereocenters. The number of aromatic amines is 2. The zero-order valence-electron chi connectivity index (χ0n) is 22.7. The Hall–Kier alpha value is -4.79. The molecular weight excluding hydrogens is 500 g/mol. The maximum absolute atomic E-state index is 12.8. The van der Waals surface area contributed by atoms with Gasteiger partial charge in [-0.1, -0.05) is 31.9 Å². The number of hydrogen-bond donors (Lipinski definition) is 3. The summed E-state index contributed by atoms with van der Waals surface area (Å²) < 4.78 is 1.99. The van der Waals surface area contributed by atoms with E-state index in [-0.39, 0.29) is 11.8 Å². The fourth-order valence-electron chi connectivity index (χ4n) is 5.48. The highest BCUT2D eigenvalue weighted by Gasteiger charge is 2.21. The molecule has 40 heavy (non-hydrogen) atoms. The molecule has 0 atom stereocenters. The number of amides is 1. The highest BCUT2D eigenvalue weighted by Crippen LogP contribution is 2.33. The van der Waals surface area contributed by atoms with E-state index >= 15 is 0 Å². The molecule has 1 saturated carbocycles. The van der Waals surface area contributed by atoms with Gasteiger partial charge in [-0.25, -0.2) is 9.97 Å². The first kappa shape index (κ1) is 25.5. The third-order valence-corrected chi connectivity index (χ3v) is 7.55. The summed E-state index contributed by atoms with van der Waals surface area (Å²) in [6.45, 7) is 7.91. The lowest BCUT2D eigenvalue weighted by atomic mass is 9.88. The van der Waals surface area contributed by atoms with Crippen LogP contribution in [-0.2, 0) is 4.79 Å². The molecule has 0 bridgehead atoms. The number of imidazole rings is 1. The van der Waals surface area contributed by atoms with Crippen LogP contribution in [0.4, 0.5) is 5.69 Å². The van der Waals surface area contributed by atoms with Gasteiger partial charge >= 0.3 is 0 Å². The number of aryl methyl sites for hydroxylation is 2. The number of carbonyl (C=O) groups is 1. The molecule has 9 nitrogen and oxygen atoms in total. The largest absolute Gasteiger partial charge is 0.357 e.